The van der Waals surface area contributed by atoms with Crippen LogP contribution in [0.2, 0.25) is 0 Å². The lowest BCUT2D eigenvalue weighted by molar-refractivity contribution is -0.122. The van der Waals surface area contributed by atoms with E-state index in [1.807, 2.05) is 17.5 Å². The third kappa shape index (κ3) is 4.96. The van der Waals surface area contributed by atoms with E-state index in [2.05, 4.69) is 25.1 Å². The molecule has 2 aromatic heterocycles. The Morgan fingerprint density at radius 1 is 1.07 bits per heavy atom. The van der Waals surface area contributed by atoms with Gasteiger partial charge in [0.15, 0.2) is 0 Å². The largest absolute Gasteiger partial charge is 0.343 e. The molecule has 0 radical (unpaired) electrons. The van der Waals surface area contributed by atoms with Crippen LogP contribution >= 0.6 is 11.3 Å². The van der Waals surface area contributed by atoms with Gasteiger partial charge in [-0.2, -0.15) is 0 Å². The lowest BCUT2D eigenvalue weighted by Crippen LogP contribution is -2.50. The van der Waals surface area contributed by atoms with Crippen LogP contribution in [-0.2, 0) is 4.79 Å². The molecule has 1 N–H and O–H groups in total. The van der Waals surface area contributed by atoms with Gasteiger partial charge in [0, 0.05) is 43.4 Å². The van der Waals surface area contributed by atoms with E-state index in [9.17, 15) is 9.18 Å². The number of halogens is 1. The third-order valence-corrected chi connectivity index (χ3v) is 5.85. The summed E-state index contributed by atoms with van der Waals surface area (Å²) in [5, 5.41) is 5.09. The molecule has 0 aliphatic carbocycles. The summed E-state index contributed by atoms with van der Waals surface area (Å²) < 4.78 is 13.3. The van der Waals surface area contributed by atoms with E-state index in [1.165, 1.54) is 12.1 Å². The molecule has 8 heteroatoms. The number of nitrogens with zero attached hydrogens (tertiary/aromatic N) is 4. The van der Waals surface area contributed by atoms with Crippen molar-refractivity contribution in [2.45, 2.75) is 6.04 Å². The molecule has 29 heavy (non-hydrogen) atoms. The molecule has 0 spiro atoms. The fraction of sp³-hybridized carbons (Fsp3) is 0.286. The summed E-state index contributed by atoms with van der Waals surface area (Å²) in [6, 6.07) is 11.7. The number of carbonyl (C=O) groups is 1. The highest BCUT2D eigenvalue weighted by molar-refractivity contribution is 7.10. The first-order valence-corrected chi connectivity index (χ1v) is 10.4. The number of anilines is 1. The van der Waals surface area contributed by atoms with Gasteiger partial charge in [-0.3, -0.25) is 9.69 Å². The van der Waals surface area contributed by atoms with Gasteiger partial charge in [0.05, 0.1) is 12.6 Å². The van der Waals surface area contributed by atoms with E-state index in [0.29, 0.717) is 6.54 Å². The molecule has 1 atom stereocenters. The van der Waals surface area contributed by atoms with Crippen molar-refractivity contribution in [3.63, 3.8) is 0 Å². The van der Waals surface area contributed by atoms with Crippen LogP contribution in [0.4, 0.5) is 10.3 Å². The fourth-order valence-electron chi connectivity index (χ4n) is 3.40. The van der Waals surface area contributed by atoms with Crippen molar-refractivity contribution in [3.8, 4) is 0 Å². The quantitative estimate of drug-likeness (QED) is 0.676. The zero-order valence-electron chi connectivity index (χ0n) is 15.9. The predicted molar refractivity (Wildman–Crippen MR) is 111 cm³/mol. The minimum Gasteiger partial charge on any atom is -0.343 e. The molecule has 1 amide bonds. The monoisotopic (exact) mass is 411 g/mol. The summed E-state index contributed by atoms with van der Waals surface area (Å²) >= 11 is 1.57. The van der Waals surface area contributed by atoms with E-state index < -0.39 is 0 Å². The van der Waals surface area contributed by atoms with Crippen molar-refractivity contribution in [1.29, 1.82) is 0 Å². The van der Waals surface area contributed by atoms with Crippen molar-refractivity contribution >= 4 is 23.2 Å². The Morgan fingerprint density at radius 2 is 1.79 bits per heavy atom. The zero-order chi connectivity index (χ0) is 20.1. The van der Waals surface area contributed by atoms with Crippen LogP contribution in [-0.4, -0.2) is 53.5 Å². The predicted octanol–water partition coefficient (Wildman–Crippen LogP) is 2.71. The molecule has 1 saturated heterocycles. The Balaban J connectivity index is 1.36. The summed E-state index contributed by atoms with van der Waals surface area (Å²) in [7, 11) is 0. The van der Waals surface area contributed by atoms with Crippen LogP contribution in [0, 0.1) is 5.82 Å². The van der Waals surface area contributed by atoms with E-state index in [0.717, 1.165) is 42.6 Å². The number of piperazine rings is 1. The second-order valence-electron chi connectivity index (χ2n) is 6.88. The summed E-state index contributed by atoms with van der Waals surface area (Å²) in [6.45, 7) is 3.43. The highest BCUT2D eigenvalue weighted by Gasteiger charge is 2.23. The number of thiophene rings is 1. The molecule has 0 unspecified atom stereocenters. The molecule has 4 rings (SSSR count). The SMILES string of the molecule is O=C(CN1CCN(c2ncccn2)CC1)N[C@@H](c1ccc(F)cc1)c1cccs1. The fourth-order valence-corrected chi connectivity index (χ4v) is 4.20. The van der Waals surface area contributed by atoms with Crippen molar-refractivity contribution < 1.29 is 9.18 Å². The lowest BCUT2D eigenvalue weighted by atomic mass is 10.1. The van der Waals surface area contributed by atoms with Gasteiger partial charge in [0.25, 0.3) is 0 Å². The molecule has 6 nitrogen and oxygen atoms in total. The Kier molecular flexibility index (Phi) is 6.12. The Bertz CT molecular complexity index is 912. The average Bonchev–Trinajstić information content (AvgIpc) is 3.29. The summed E-state index contributed by atoms with van der Waals surface area (Å²) in [5.41, 5.74) is 0.869. The molecule has 150 valence electrons. The van der Waals surface area contributed by atoms with Crippen LogP contribution in [0.3, 0.4) is 0 Å². The molecule has 3 heterocycles. The van der Waals surface area contributed by atoms with E-state index in [4.69, 9.17) is 0 Å². The Labute approximate surface area is 173 Å². The number of amides is 1. The van der Waals surface area contributed by atoms with Gasteiger partial charge in [-0.1, -0.05) is 18.2 Å². The van der Waals surface area contributed by atoms with E-state index >= 15 is 0 Å². The molecule has 1 aliphatic rings. The second-order valence-corrected chi connectivity index (χ2v) is 7.86. The second kappa shape index (κ2) is 9.11. The molecular formula is C21H22FN5OS. The van der Waals surface area contributed by atoms with Gasteiger partial charge in [-0.15, -0.1) is 11.3 Å². The van der Waals surface area contributed by atoms with Crippen LogP contribution in [0.15, 0.2) is 60.2 Å². The number of benzene rings is 1. The number of hydrogen-bond donors (Lipinski definition) is 1. The number of nitrogens with one attached hydrogen (secondary N) is 1. The minimum atomic E-state index is -0.287. The molecule has 0 bridgehead atoms. The van der Waals surface area contributed by atoms with Crippen molar-refractivity contribution in [3.05, 3.63) is 76.5 Å². The van der Waals surface area contributed by atoms with E-state index in [1.54, 1.807) is 41.9 Å². The van der Waals surface area contributed by atoms with Gasteiger partial charge in [-0.05, 0) is 35.2 Å². The summed E-state index contributed by atoms with van der Waals surface area (Å²) in [4.78, 5) is 26.6. The lowest BCUT2D eigenvalue weighted by Gasteiger charge is -2.34. The summed E-state index contributed by atoms with van der Waals surface area (Å²) in [6.07, 6.45) is 3.48. The van der Waals surface area contributed by atoms with Crippen LogP contribution in [0.1, 0.15) is 16.5 Å². The van der Waals surface area contributed by atoms with Gasteiger partial charge >= 0.3 is 0 Å². The van der Waals surface area contributed by atoms with Crippen LogP contribution < -0.4 is 10.2 Å². The number of aromatic nitrogens is 2. The first-order chi connectivity index (χ1) is 14.2. The average molecular weight is 412 g/mol. The maximum atomic E-state index is 13.3. The highest BCUT2D eigenvalue weighted by atomic mass is 32.1. The Morgan fingerprint density at radius 3 is 2.45 bits per heavy atom. The van der Waals surface area contributed by atoms with Crippen molar-refractivity contribution in [2.75, 3.05) is 37.6 Å². The third-order valence-electron chi connectivity index (χ3n) is 4.91. The molecule has 1 fully saturated rings. The van der Waals surface area contributed by atoms with Gasteiger partial charge in [0.1, 0.15) is 5.82 Å². The normalized spacial score (nSPS) is 15.8. The molecule has 0 saturated carbocycles. The first kappa shape index (κ1) is 19.5. The van der Waals surface area contributed by atoms with E-state index in [-0.39, 0.29) is 17.8 Å². The molecule has 1 aromatic carbocycles. The molecular weight excluding hydrogens is 389 g/mol. The maximum absolute atomic E-state index is 13.3. The van der Waals surface area contributed by atoms with Crippen molar-refractivity contribution in [1.82, 2.24) is 20.2 Å². The first-order valence-electron chi connectivity index (χ1n) is 9.51. The smallest absolute Gasteiger partial charge is 0.234 e. The number of hydrogen-bond acceptors (Lipinski definition) is 6. The topological polar surface area (TPSA) is 61.4 Å². The Hall–Kier alpha value is -2.84. The molecule has 3 aromatic rings. The van der Waals surface area contributed by atoms with Gasteiger partial charge in [-0.25, -0.2) is 14.4 Å². The van der Waals surface area contributed by atoms with Crippen LogP contribution in [0.25, 0.3) is 0 Å². The number of carbonyl (C=O) groups excluding carboxylic acids is 1. The highest BCUT2D eigenvalue weighted by Crippen LogP contribution is 2.26. The minimum absolute atomic E-state index is 0.0443. The van der Waals surface area contributed by atoms with Crippen LogP contribution in [0.5, 0.6) is 0 Å². The summed E-state index contributed by atoms with van der Waals surface area (Å²) in [5.74, 6) is 0.396. The number of rotatable bonds is 6. The maximum Gasteiger partial charge on any atom is 0.234 e. The van der Waals surface area contributed by atoms with Gasteiger partial charge < -0.3 is 10.2 Å². The van der Waals surface area contributed by atoms with Gasteiger partial charge in [0.2, 0.25) is 11.9 Å². The van der Waals surface area contributed by atoms with Crippen molar-refractivity contribution in [2.24, 2.45) is 0 Å². The zero-order valence-corrected chi connectivity index (χ0v) is 16.7. The molecule has 1 aliphatic heterocycles. The standard InChI is InChI=1S/C21H22FN5OS/c22-17-6-4-16(5-7-17)20(18-3-1-14-29-18)25-19(28)15-26-10-12-27(13-11-26)21-23-8-2-9-24-21/h1-9,14,20H,10-13,15H2,(H,25,28)/t20-/m0/s1.